The Kier molecular flexibility index (Phi) is 3.74. The summed E-state index contributed by atoms with van der Waals surface area (Å²) in [6.07, 6.45) is 0. The molecule has 0 spiro atoms. The molecule has 1 atom stereocenters. The molecule has 0 bridgehead atoms. The van der Waals surface area contributed by atoms with Crippen LogP contribution in [0, 0.1) is 11.3 Å². The number of hydrogen-bond acceptors (Lipinski definition) is 3. The van der Waals surface area contributed by atoms with Gasteiger partial charge in [-0.15, -0.1) is 0 Å². The molecule has 0 saturated carbocycles. The van der Waals surface area contributed by atoms with E-state index in [0.717, 1.165) is 4.47 Å². The molecular formula is C9H9BrN2O. The minimum Gasteiger partial charge on any atom is -0.491 e. The van der Waals surface area contributed by atoms with Crippen LogP contribution in [0.4, 0.5) is 0 Å². The molecule has 0 saturated heterocycles. The van der Waals surface area contributed by atoms with Crippen molar-refractivity contribution in [2.24, 2.45) is 5.73 Å². The molecule has 2 N–H and O–H groups in total. The van der Waals surface area contributed by atoms with Crippen LogP contribution < -0.4 is 10.5 Å². The SMILES string of the molecule is N#CC(N)COc1ccc(Br)cc1. The Morgan fingerprint density at radius 1 is 1.46 bits per heavy atom. The van der Waals surface area contributed by atoms with Gasteiger partial charge in [0.1, 0.15) is 18.4 Å². The molecule has 0 fully saturated rings. The highest BCUT2D eigenvalue weighted by molar-refractivity contribution is 9.10. The van der Waals surface area contributed by atoms with E-state index in [1.807, 2.05) is 30.3 Å². The first-order valence-electron chi connectivity index (χ1n) is 3.76. The van der Waals surface area contributed by atoms with Gasteiger partial charge in [0, 0.05) is 4.47 Å². The van der Waals surface area contributed by atoms with E-state index < -0.39 is 6.04 Å². The summed E-state index contributed by atoms with van der Waals surface area (Å²) in [6, 6.07) is 8.69. The Morgan fingerprint density at radius 2 is 2.08 bits per heavy atom. The Morgan fingerprint density at radius 3 is 2.62 bits per heavy atom. The predicted octanol–water partition coefficient (Wildman–Crippen LogP) is 1.68. The van der Waals surface area contributed by atoms with E-state index in [0.29, 0.717) is 5.75 Å². The molecule has 1 aromatic carbocycles. The molecule has 0 aromatic heterocycles. The lowest BCUT2D eigenvalue weighted by molar-refractivity contribution is 0.309. The van der Waals surface area contributed by atoms with Crippen LogP contribution in [-0.4, -0.2) is 12.6 Å². The Bertz CT molecular complexity index is 304. The van der Waals surface area contributed by atoms with Gasteiger partial charge in [-0.25, -0.2) is 0 Å². The molecule has 0 aliphatic carbocycles. The van der Waals surface area contributed by atoms with Crippen LogP contribution in [0.3, 0.4) is 0 Å². The van der Waals surface area contributed by atoms with Crippen LogP contribution >= 0.6 is 15.9 Å². The maximum absolute atomic E-state index is 8.39. The molecule has 0 amide bonds. The second-order valence-electron chi connectivity index (χ2n) is 2.50. The van der Waals surface area contributed by atoms with Gasteiger partial charge in [0.2, 0.25) is 0 Å². The molecule has 0 radical (unpaired) electrons. The smallest absolute Gasteiger partial charge is 0.127 e. The number of nitrogens with zero attached hydrogens (tertiary/aromatic N) is 1. The number of ether oxygens (including phenoxy) is 1. The molecule has 1 rings (SSSR count). The van der Waals surface area contributed by atoms with Gasteiger partial charge in [-0.1, -0.05) is 15.9 Å². The number of benzene rings is 1. The second-order valence-corrected chi connectivity index (χ2v) is 3.42. The van der Waals surface area contributed by atoms with E-state index in [4.69, 9.17) is 15.7 Å². The van der Waals surface area contributed by atoms with Crippen LogP contribution in [-0.2, 0) is 0 Å². The molecule has 0 heterocycles. The lowest BCUT2D eigenvalue weighted by Crippen LogP contribution is -2.25. The summed E-state index contributed by atoms with van der Waals surface area (Å²) in [5, 5.41) is 8.39. The highest BCUT2D eigenvalue weighted by Gasteiger charge is 2.00. The van der Waals surface area contributed by atoms with Crippen molar-refractivity contribution in [2.45, 2.75) is 6.04 Å². The van der Waals surface area contributed by atoms with Gasteiger partial charge in [-0.2, -0.15) is 5.26 Å². The van der Waals surface area contributed by atoms with Gasteiger partial charge in [0.05, 0.1) is 6.07 Å². The van der Waals surface area contributed by atoms with Gasteiger partial charge < -0.3 is 10.5 Å². The van der Waals surface area contributed by atoms with Crippen molar-refractivity contribution in [1.29, 1.82) is 5.26 Å². The largest absolute Gasteiger partial charge is 0.491 e. The molecule has 13 heavy (non-hydrogen) atoms. The fraction of sp³-hybridized carbons (Fsp3) is 0.222. The Labute approximate surface area is 85.2 Å². The van der Waals surface area contributed by atoms with Crippen LogP contribution in [0.2, 0.25) is 0 Å². The summed E-state index contributed by atoms with van der Waals surface area (Å²) in [7, 11) is 0. The molecule has 68 valence electrons. The van der Waals surface area contributed by atoms with E-state index in [1.54, 1.807) is 0 Å². The van der Waals surface area contributed by atoms with E-state index in [9.17, 15) is 0 Å². The number of nitrogens with two attached hydrogens (primary N) is 1. The zero-order valence-corrected chi connectivity index (χ0v) is 8.49. The van der Waals surface area contributed by atoms with Gasteiger partial charge >= 0.3 is 0 Å². The summed E-state index contributed by atoms with van der Waals surface area (Å²) >= 11 is 3.31. The first-order chi connectivity index (χ1) is 6.22. The lowest BCUT2D eigenvalue weighted by atomic mass is 10.3. The minimum atomic E-state index is -0.566. The highest BCUT2D eigenvalue weighted by Crippen LogP contribution is 2.15. The van der Waals surface area contributed by atoms with Gasteiger partial charge in [-0.3, -0.25) is 0 Å². The first-order valence-corrected chi connectivity index (χ1v) is 4.55. The fourth-order valence-corrected chi connectivity index (χ4v) is 1.02. The molecule has 1 aromatic rings. The Balaban J connectivity index is 2.47. The van der Waals surface area contributed by atoms with Crippen molar-refractivity contribution < 1.29 is 4.74 Å². The van der Waals surface area contributed by atoms with Gasteiger partial charge in [0.15, 0.2) is 0 Å². The summed E-state index contributed by atoms with van der Waals surface area (Å²) < 4.78 is 6.24. The quantitative estimate of drug-likeness (QED) is 0.875. The van der Waals surface area contributed by atoms with Gasteiger partial charge in [0.25, 0.3) is 0 Å². The van der Waals surface area contributed by atoms with E-state index in [-0.39, 0.29) is 6.61 Å². The zero-order chi connectivity index (χ0) is 9.68. The average molecular weight is 241 g/mol. The second kappa shape index (κ2) is 4.85. The third kappa shape index (κ3) is 3.45. The average Bonchev–Trinajstić information content (AvgIpc) is 2.16. The molecule has 1 unspecified atom stereocenters. The number of hydrogen-bond donors (Lipinski definition) is 1. The molecule has 0 aliphatic rings. The zero-order valence-electron chi connectivity index (χ0n) is 6.90. The third-order valence-electron chi connectivity index (χ3n) is 1.41. The predicted molar refractivity (Wildman–Crippen MR) is 53.2 cm³/mol. The van der Waals surface area contributed by atoms with Crippen LogP contribution in [0.15, 0.2) is 28.7 Å². The molecule has 4 heteroatoms. The summed E-state index contributed by atoms with van der Waals surface area (Å²) in [4.78, 5) is 0. The van der Waals surface area contributed by atoms with Crippen LogP contribution in [0.5, 0.6) is 5.75 Å². The maximum atomic E-state index is 8.39. The topological polar surface area (TPSA) is 59.0 Å². The normalized spacial score (nSPS) is 11.8. The monoisotopic (exact) mass is 240 g/mol. The first kappa shape index (κ1) is 10.0. The van der Waals surface area contributed by atoms with Crippen molar-refractivity contribution in [3.05, 3.63) is 28.7 Å². The molecule has 3 nitrogen and oxygen atoms in total. The van der Waals surface area contributed by atoms with Gasteiger partial charge in [-0.05, 0) is 24.3 Å². The van der Waals surface area contributed by atoms with Crippen LogP contribution in [0.1, 0.15) is 0 Å². The number of nitriles is 1. The summed E-state index contributed by atoms with van der Waals surface area (Å²) in [6.45, 7) is 0.220. The van der Waals surface area contributed by atoms with Crippen molar-refractivity contribution >= 4 is 15.9 Å². The van der Waals surface area contributed by atoms with Crippen LogP contribution in [0.25, 0.3) is 0 Å². The third-order valence-corrected chi connectivity index (χ3v) is 1.94. The van der Waals surface area contributed by atoms with Crippen molar-refractivity contribution in [3.8, 4) is 11.8 Å². The molecule has 0 aliphatic heterocycles. The van der Waals surface area contributed by atoms with Crippen molar-refractivity contribution in [3.63, 3.8) is 0 Å². The van der Waals surface area contributed by atoms with E-state index >= 15 is 0 Å². The fourth-order valence-electron chi connectivity index (χ4n) is 0.754. The summed E-state index contributed by atoms with van der Waals surface area (Å²) in [5.41, 5.74) is 5.36. The molecular weight excluding hydrogens is 232 g/mol. The van der Waals surface area contributed by atoms with Crippen molar-refractivity contribution in [2.75, 3.05) is 6.61 Å². The number of halogens is 1. The number of rotatable bonds is 3. The lowest BCUT2D eigenvalue weighted by Gasteiger charge is -2.06. The highest BCUT2D eigenvalue weighted by atomic mass is 79.9. The minimum absolute atomic E-state index is 0.220. The Hall–Kier alpha value is -1.05. The summed E-state index contributed by atoms with van der Waals surface area (Å²) in [5.74, 6) is 0.717. The standard InChI is InChI=1S/C9H9BrN2O/c10-7-1-3-9(4-2-7)13-6-8(12)5-11/h1-4,8H,6,12H2. The van der Waals surface area contributed by atoms with E-state index in [2.05, 4.69) is 15.9 Å². The van der Waals surface area contributed by atoms with Crippen molar-refractivity contribution in [1.82, 2.24) is 0 Å². The maximum Gasteiger partial charge on any atom is 0.127 e. The van der Waals surface area contributed by atoms with E-state index in [1.165, 1.54) is 0 Å².